The van der Waals surface area contributed by atoms with Crippen LogP contribution in [0.25, 0.3) is 10.9 Å². The van der Waals surface area contributed by atoms with Gasteiger partial charge in [-0.2, -0.15) is 0 Å². The van der Waals surface area contributed by atoms with Crippen LogP contribution in [0.2, 0.25) is 0 Å². The lowest BCUT2D eigenvalue weighted by atomic mass is 10.1. The van der Waals surface area contributed by atoms with E-state index in [-0.39, 0.29) is 6.54 Å². The van der Waals surface area contributed by atoms with Crippen molar-refractivity contribution in [3.63, 3.8) is 0 Å². The highest BCUT2D eigenvalue weighted by molar-refractivity contribution is 5.91. The second kappa shape index (κ2) is 5.36. The number of nitrogens with one attached hydrogen (secondary N) is 1. The molecule has 0 saturated heterocycles. The number of benzene rings is 2. The van der Waals surface area contributed by atoms with E-state index in [0.29, 0.717) is 5.56 Å². The van der Waals surface area contributed by atoms with Crippen molar-refractivity contribution in [2.45, 2.75) is 6.54 Å². The van der Waals surface area contributed by atoms with Gasteiger partial charge >= 0.3 is 0 Å². The molecule has 106 valence electrons. The number of hydrogen-bond donors (Lipinski definition) is 2. The number of nitrogens with zero attached hydrogens (tertiary/aromatic N) is 1. The van der Waals surface area contributed by atoms with Gasteiger partial charge < -0.3 is 10.4 Å². The number of hydrogen-bond acceptors (Lipinski definition) is 3. The molecule has 0 aliphatic heterocycles. The number of phenols is 1. The molecule has 2 N–H and O–H groups in total. The zero-order valence-corrected chi connectivity index (χ0v) is 11.0. The Balaban J connectivity index is 1.87. The Morgan fingerprint density at radius 2 is 1.81 bits per heavy atom. The summed E-state index contributed by atoms with van der Waals surface area (Å²) < 4.78 is 26.6. The highest BCUT2D eigenvalue weighted by Crippen LogP contribution is 2.24. The molecule has 3 aromatic rings. The Labute approximate surface area is 119 Å². The van der Waals surface area contributed by atoms with Gasteiger partial charge in [0.2, 0.25) is 0 Å². The highest BCUT2D eigenvalue weighted by atomic mass is 19.1. The van der Waals surface area contributed by atoms with E-state index in [4.69, 9.17) is 5.11 Å². The normalized spacial score (nSPS) is 10.8. The predicted octanol–water partition coefficient (Wildman–Crippen LogP) is 3.83. The lowest BCUT2D eigenvalue weighted by molar-refractivity contribution is 0.395. The van der Waals surface area contributed by atoms with Crippen LogP contribution in [0.15, 0.2) is 48.7 Å². The first kappa shape index (κ1) is 13.3. The molecule has 0 aliphatic rings. The van der Waals surface area contributed by atoms with Crippen LogP contribution in [0.4, 0.5) is 14.5 Å². The molecule has 0 saturated carbocycles. The molecule has 0 radical (unpaired) electrons. The van der Waals surface area contributed by atoms with E-state index in [1.54, 1.807) is 6.20 Å². The number of fused-ring (bicyclic) bond motifs is 1. The summed E-state index contributed by atoms with van der Waals surface area (Å²) in [4.78, 5) is 4.24. The van der Waals surface area contributed by atoms with Crippen LogP contribution < -0.4 is 5.32 Å². The van der Waals surface area contributed by atoms with Crippen LogP contribution in [0.3, 0.4) is 0 Å². The van der Waals surface area contributed by atoms with Crippen molar-refractivity contribution in [1.29, 1.82) is 0 Å². The van der Waals surface area contributed by atoms with Crippen LogP contribution in [0.5, 0.6) is 5.75 Å². The van der Waals surface area contributed by atoms with Gasteiger partial charge in [0.05, 0.1) is 5.52 Å². The van der Waals surface area contributed by atoms with Gasteiger partial charge in [-0.15, -0.1) is 0 Å². The van der Waals surface area contributed by atoms with E-state index in [1.807, 2.05) is 30.3 Å². The zero-order valence-electron chi connectivity index (χ0n) is 11.0. The molecule has 5 heteroatoms. The Morgan fingerprint density at radius 3 is 2.57 bits per heavy atom. The largest absolute Gasteiger partial charge is 0.503 e. The molecule has 0 fully saturated rings. The lowest BCUT2D eigenvalue weighted by Crippen LogP contribution is -2.01. The third-order valence-corrected chi connectivity index (χ3v) is 3.21. The molecule has 1 heterocycles. The van der Waals surface area contributed by atoms with Gasteiger partial charge in [0, 0.05) is 23.8 Å². The molecule has 0 unspecified atom stereocenters. The van der Waals surface area contributed by atoms with Crippen molar-refractivity contribution < 1.29 is 13.9 Å². The number of phenolic OH excluding ortho intramolecular Hbond substituents is 1. The van der Waals surface area contributed by atoms with Crippen molar-refractivity contribution in [1.82, 2.24) is 4.98 Å². The summed E-state index contributed by atoms with van der Waals surface area (Å²) in [6, 6.07) is 11.6. The molecule has 0 spiro atoms. The van der Waals surface area contributed by atoms with Crippen LogP contribution in [-0.2, 0) is 6.54 Å². The highest BCUT2D eigenvalue weighted by Gasteiger charge is 2.09. The molecule has 0 aliphatic carbocycles. The van der Waals surface area contributed by atoms with Gasteiger partial charge in [-0.1, -0.05) is 6.07 Å². The Bertz CT molecular complexity index is 777. The minimum atomic E-state index is -0.966. The van der Waals surface area contributed by atoms with E-state index >= 15 is 0 Å². The topological polar surface area (TPSA) is 45.1 Å². The first-order chi connectivity index (χ1) is 10.1. The zero-order chi connectivity index (χ0) is 14.8. The predicted molar refractivity (Wildman–Crippen MR) is 77.1 cm³/mol. The van der Waals surface area contributed by atoms with Gasteiger partial charge in [-0.3, -0.25) is 4.98 Å². The van der Waals surface area contributed by atoms with Crippen molar-refractivity contribution in [3.8, 4) is 5.75 Å². The SMILES string of the molecule is Oc1c(F)cc(CNc2cccc3ncccc23)cc1F. The van der Waals surface area contributed by atoms with Crippen LogP contribution in [-0.4, -0.2) is 10.1 Å². The van der Waals surface area contributed by atoms with Crippen LogP contribution in [0, 0.1) is 11.6 Å². The fraction of sp³-hybridized carbons (Fsp3) is 0.0625. The number of rotatable bonds is 3. The van der Waals surface area contributed by atoms with E-state index in [9.17, 15) is 8.78 Å². The third kappa shape index (κ3) is 2.63. The number of anilines is 1. The summed E-state index contributed by atoms with van der Waals surface area (Å²) in [5, 5.41) is 13.1. The number of halogens is 2. The first-order valence-electron chi connectivity index (χ1n) is 6.39. The van der Waals surface area contributed by atoms with Gasteiger partial charge in [0.25, 0.3) is 0 Å². The minimum Gasteiger partial charge on any atom is -0.503 e. The van der Waals surface area contributed by atoms with Gasteiger partial charge in [-0.05, 0) is 42.0 Å². The van der Waals surface area contributed by atoms with Gasteiger partial charge in [0.15, 0.2) is 17.4 Å². The average Bonchev–Trinajstić information content (AvgIpc) is 2.50. The minimum absolute atomic E-state index is 0.238. The standard InChI is InChI=1S/C16H12F2N2O/c17-12-7-10(8-13(18)16(12)21)9-20-15-5-1-4-14-11(15)3-2-6-19-14/h1-8,20-21H,9H2. The third-order valence-electron chi connectivity index (χ3n) is 3.21. The quantitative estimate of drug-likeness (QED) is 0.769. The van der Waals surface area contributed by atoms with E-state index in [2.05, 4.69) is 10.3 Å². The van der Waals surface area contributed by atoms with Crippen LogP contribution in [0.1, 0.15) is 5.56 Å². The number of aromatic nitrogens is 1. The van der Waals surface area contributed by atoms with Crippen LogP contribution >= 0.6 is 0 Å². The molecule has 0 atom stereocenters. The summed E-state index contributed by atoms with van der Waals surface area (Å²) >= 11 is 0. The van der Waals surface area contributed by atoms with E-state index in [1.165, 1.54) is 0 Å². The maximum Gasteiger partial charge on any atom is 0.187 e. The van der Waals surface area contributed by atoms with Crippen molar-refractivity contribution in [2.75, 3.05) is 5.32 Å². The summed E-state index contributed by atoms with van der Waals surface area (Å²) in [5.74, 6) is -2.88. The van der Waals surface area contributed by atoms with Crippen molar-refractivity contribution in [2.24, 2.45) is 0 Å². The monoisotopic (exact) mass is 286 g/mol. The Morgan fingerprint density at radius 1 is 1.05 bits per heavy atom. The maximum absolute atomic E-state index is 13.3. The molecular formula is C16H12F2N2O. The molecule has 1 aromatic heterocycles. The first-order valence-corrected chi connectivity index (χ1v) is 6.39. The van der Waals surface area contributed by atoms with Crippen molar-refractivity contribution in [3.05, 3.63) is 65.9 Å². The molecule has 2 aromatic carbocycles. The second-order valence-electron chi connectivity index (χ2n) is 4.64. The van der Waals surface area contributed by atoms with Gasteiger partial charge in [-0.25, -0.2) is 8.78 Å². The summed E-state index contributed by atoms with van der Waals surface area (Å²) in [6.45, 7) is 0.238. The maximum atomic E-state index is 13.3. The molecule has 21 heavy (non-hydrogen) atoms. The molecular weight excluding hydrogens is 274 g/mol. The fourth-order valence-corrected chi connectivity index (χ4v) is 2.17. The summed E-state index contributed by atoms with van der Waals surface area (Å²) in [6.07, 6.45) is 1.71. The second-order valence-corrected chi connectivity index (χ2v) is 4.64. The molecule has 0 bridgehead atoms. The molecule has 0 amide bonds. The smallest absolute Gasteiger partial charge is 0.187 e. The van der Waals surface area contributed by atoms with E-state index in [0.717, 1.165) is 28.7 Å². The summed E-state index contributed by atoms with van der Waals surface area (Å²) in [5.41, 5.74) is 2.07. The number of pyridine rings is 1. The number of aromatic hydroxyl groups is 1. The average molecular weight is 286 g/mol. The van der Waals surface area contributed by atoms with Gasteiger partial charge in [0.1, 0.15) is 0 Å². The molecule has 3 rings (SSSR count). The van der Waals surface area contributed by atoms with Crippen molar-refractivity contribution >= 4 is 16.6 Å². The Kier molecular flexibility index (Phi) is 3.39. The molecule has 3 nitrogen and oxygen atoms in total. The van der Waals surface area contributed by atoms with E-state index < -0.39 is 17.4 Å². The Hall–Kier alpha value is -2.69. The summed E-state index contributed by atoms with van der Waals surface area (Å²) in [7, 11) is 0. The lowest BCUT2D eigenvalue weighted by Gasteiger charge is -2.10. The fourth-order valence-electron chi connectivity index (χ4n) is 2.17.